The highest BCUT2D eigenvalue weighted by atomic mass is 14.9. The molecule has 0 aromatic carbocycles. The lowest BCUT2D eigenvalue weighted by Gasteiger charge is -2.11. The molecule has 1 atom stereocenters. The van der Waals surface area contributed by atoms with Gasteiger partial charge in [-0.2, -0.15) is 0 Å². The zero-order chi connectivity index (χ0) is 8.53. The minimum absolute atomic E-state index is 0.800. The molecule has 0 aromatic heterocycles. The van der Waals surface area contributed by atoms with E-state index in [-0.39, 0.29) is 0 Å². The zero-order valence-corrected chi connectivity index (χ0v) is 8.11. The second kappa shape index (κ2) is 8.02. The van der Waals surface area contributed by atoms with E-state index < -0.39 is 0 Å². The first-order chi connectivity index (χ1) is 5.31. The maximum atomic E-state index is 3.35. The third-order valence-corrected chi connectivity index (χ3v) is 1.81. The van der Waals surface area contributed by atoms with Crippen molar-refractivity contribution < 1.29 is 0 Å². The molecule has 0 saturated carbocycles. The summed E-state index contributed by atoms with van der Waals surface area (Å²) in [4.78, 5) is 0. The lowest BCUT2D eigenvalue weighted by atomic mass is 10.1. The van der Waals surface area contributed by atoms with Crippen LogP contribution in [0.25, 0.3) is 0 Å². The summed E-state index contributed by atoms with van der Waals surface area (Å²) in [5.41, 5.74) is 0. The highest BCUT2D eigenvalue weighted by molar-refractivity contribution is 4.57. The molecule has 0 radical (unpaired) electrons. The molecule has 0 heterocycles. The van der Waals surface area contributed by atoms with Crippen LogP contribution in [0, 0.1) is 5.92 Å². The Balaban J connectivity index is 3.02. The summed E-state index contributed by atoms with van der Waals surface area (Å²) in [6.07, 6.45) is 1.28. The first-order valence-corrected chi connectivity index (χ1v) is 4.72. The van der Waals surface area contributed by atoms with Gasteiger partial charge in [0.05, 0.1) is 0 Å². The van der Waals surface area contributed by atoms with Crippen molar-refractivity contribution in [3.05, 3.63) is 0 Å². The molecule has 1 unspecified atom stereocenters. The van der Waals surface area contributed by atoms with E-state index in [0.29, 0.717) is 0 Å². The van der Waals surface area contributed by atoms with E-state index in [2.05, 4.69) is 31.4 Å². The maximum Gasteiger partial charge on any atom is -0.00228 e. The third-order valence-electron chi connectivity index (χ3n) is 1.81. The van der Waals surface area contributed by atoms with E-state index in [1.807, 2.05) is 0 Å². The molecule has 0 aliphatic carbocycles. The smallest absolute Gasteiger partial charge is 0.00228 e. The molecule has 68 valence electrons. The fourth-order valence-electron chi connectivity index (χ4n) is 1.02. The molecule has 0 bridgehead atoms. The topological polar surface area (TPSA) is 24.1 Å². The molecule has 0 amide bonds. The van der Waals surface area contributed by atoms with Gasteiger partial charge in [-0.1, -0.05) is 20.8 Å². The van der Waals surface area contributed by atoms with Gasteiger partial charge in [-0.3, -0.25) is 0 Å². The van der Waals surface area contributed by atoms with E-state index in [1.165, 1.54) is 6.42 Å². The van der Waals surface area contributed by atoms with E-state index in [0.717, 1.165) is 32.1 Å². The molecular formula is C9H22N2. The Hall–Kier alpha value is -0.0800. The van der Waals surface area contributed by atoms with Crippen molar-refractivity contribution in [3.63, 3.8) is 0 Å². The lowest BCUT2D eigenvalue weighted by molar-refractivity contribution is 0.473. The van der Waals surface area contributed by atoms with Crippen LogP contribution in [0.3, 0.4) is 0 Å². The molecule has 0 rings (SSSR count). The molecular weight excluding hydrogens is 136 g/mol. The summed E-state index contributed by atoms with van der Waals surface area (Å²) in [5, 5.41) is 6.67. The molecule has 2 nitrogen and oxygen atoms in total. The van der Waals surface area contributed by atoms with E-state index in [1.54, 1.807) is 0 Å². The average Bonchev–Trinajstić information content (AvgIpc) is 2.01. The van der Waals surface area contributed by atoms with Crippen molar-refractivity contribution in [1.29, 1.82) is 0 Å². The third kappa shape index (κ3) is 7.82. The van der Waals surface area contributed by atoms with Crippen molar-refractivity contribution in [2.45, 2.75) is 27.2 Å². The fourth-order valence-corrected chi connectivity index (χ4v) is 1.02. The normalized spacial score (nSPS) is 13.4. The Morgan fingerprint density at radius 1 is 1.09 bits per heavy atom. The number of hydrogen-bond acceptors (Lipinski definition) is 2. The summed E-state index contributed by atoms with van der Waals surface area (Å²) >= 11 is 0. The van der Waals surface area contributed by atoms with Gasteiger partial charge >= 0.3 is 0 Å². The molecule has 0 saturated heterocycles. The summed E-state index contributed by atoms with van der Waals surface area (Å²) in [7, 11) is 0. The summed E-state index contributed by atoms with van der Waals surface area (Å²) in [6, 6.07) is 0. The Morgan fingerprint density at radius 3 is 2.27 bits per heavy atom. The second-order valence-electron chi connectivity index (χ2n) is 3.06. The van der Waals surface area contributed by atoms with Gasteiger partial charge in [0, 0.05) is 0 Å². The molecule has 0 aliphatic rings. The van der Waals surface area contributed by atoms with Crippen molar-refractivity contribution in [2.24, 2.45) is 5.92 Å². The molecule has 0 fully saturated rings. The van der Waals surface area contributed by atoms with E-state index in [9.17, 15) is 0 Å². The molecule has 0 aliphatic heterocycles. The maximum absolute atomic E-state index is 3.35. The van der Waals surface area contributed by atoms with Gasteiger partial charge in [-0.25, -0.2) is 0 Å². The van der Waals surface area contributed by atoms with Crippen LogP contribution in [0.2, 0.25) is 0 Å². The standard InChI is InChI=1S/C9H22N2/c1-4-10-7-6-9(3)8-11-5-2/h9-11H,4-8H2,1-3H3. The van der Waals surface area contributed by atoms with Gasteiger partial charge in [0.2, 0.25) is 0 Å². The Bertz CT molecular complexity index is 74.0. The minimum Gasteiger partial charge on any atom is -0.317 e. The predicted molar refractivity (Wildman–Crippen MR) is 50.9 cm³/mol. The van der Waals surface area contributed by atoms with Crippen molar-refractivity contribution in [3.8, 4) is 0 Å². The van der Waals surface area contributed by atoms with Crippen LogP contribution in [-0.4, -0.2) is 26.2 Å². The molecule has 2 N–H and O–H groups in total. The van der Waals surface area contributed by atoms with Gasteiger partial charge in [0.1, 0.15) is 0 Å². The highest BCUT2D eigenvalue weighted by Crippen LogP contribution is 1.97. The van der Waals surface area contributed by atoms with Crippen LogP contribution in [-0.2, 0) is 0 Å². The van der Waals surface area contributed by atoms with Gasteiger partial charge in [0.25, 0.3) is 0 Å². The van der Waals surface area contributed by atoms with Gasteiger partial charge in [-0.15, -0.1) is 0 Å². The number of nitrogens with one attached hydrogen (secondary N) is 2. The predicted octanol–water partition coefficient (Wildman–Crippen LogP) is 1.23. The quantitative estimate of drug-likeness (QED) is 0.545. The van der Waals surface area contributed by atoms with Gasteiger partial charge in [-0.05, 0) is 38.5 Å². The summed E-state index contributed by atoms with van der Waals surface area (Å²) in [5.74, 6) is 0.800. The van der Waals surface area contributed by atoms with E-state index >= 15 is 0 Å². The Labute approximate surface area is 70.8 Å². The van der Waals surface area contributed by atoms with Crippen molar-refractivity contribution in [1.82, 2.24) is 10.6 Å². The van der Waals surface area contributed by atoms with Crippen LogP contribution < -0.4 is 10.6 Å². The molecule has 0 spiro atoms. The lowest BCUT2D eigenvalue weighted by Crippen LogP contribution is -2.24. The van der Waals surface area contributed by atoms with E-state index in [4.69, 9.17) is 0 Å². The van der Waals surface area contributed by atoms with Crippen LogP contribution in [0.1, 0.15) is 27.2 Å². The van der Waals surface area contributed by atoms with Crippen LogP contribution in [0.15, 0.2) is 0 Å². The zero-order valence-electron chi connectivity index (χ0n) is 8.11. The highest BCUT2D eigenvalue weighted by Gasteiger charge is 1.98. The monoisotopic (exact) mass is 158 g/mol. The summed E-state index contributed by atoms with van der Waals surface area (Å²) in [6.45, 7) is 11.1. The average molecular weight is 158 g/mol. The molecule has 0 aromatic rings. The fraction of sp³-hybridized carbons (Fsp3) is 1.00. The number of rotatable bonds is 7. The van der Waals surface area contributed by atoms with Crippen LogP contribution in [0.4, 0.5) is 0 Å². The molecule has 11 heavy (non-hydrogen) atoms. The van der Waals surface area contributed by atoms with Crippen molar-refractivity contribution in [2.75, 3.05) is 26.2 Å². The van der Waals surface area contributed by atoms with Crippen LogP contribution >= 0.6 is 0 Å². The first kappa shape index (κ1) is 10.9. The molecule has 2 heteroatoms. The first-order valence-electron chi connectivity index (χ1n) is 4.72. The van der Waals surface area contributed by atoms with Gasteiger partial charge in [0.15, 0.2) is 0 Å². The van der Waals surface area contributed by atoms with Crippen molar-refractivity contribution >= 4 is 0 Å². The summed E-state index contributed by atoms with van der Waals surface area (Å²) < 4.78 is 0. The largest absolute Gasteiger partial charge is 0.317 e. The SMILES string of the molecule is CCNCCC(C)CNCC. The minimum atomic E-state index is 0.800. The number of hydrogen-bond donors (Lipinski definition) is 2. The Morgan fingerprint density at radius 2 is 1.73 bits per heavy atom. The van der Waals surface area contributed by atoms with Crippen LogP contribution in [0.5, 0.6) is 0 Å². The van der Waals surface area contributed by atoms with Gasteiger partial charge < -0.3 is 10.6 Å². The Kier molecular flexibility index (Phi) is 7.96. The second-order valence-corrected chi connectivity index (χ2v) is 3.06.